The van der Waals surface area contributed by atoms with E-state index in [2.05, 4.69) is 54.5 Å². The summed E-state index contributed by atoms with van der Waals surface area (Å²) in [6.07, 6.45) is 13.2. The number of fused-ring (bicyclic) bond motifs is 5. The Morgan fingerprint density at radius 1 is 0.840 bits per heavy atom. The van der Waals surface area contributed by atoms with E-state index in [1.54, 1.807) is 42.5 Å². The van der Waals surface area contributed by atoms with Crippen molar-refractivity contribution in [1.82, 2.24) is 0 Å². The van der Waals surface area contributed by atoms with Crippen LogP contribution in [0, 0.1) is 51.8 Å². The van der Waals surface area contributed by atoms with Crippen LogP contribution < -0.4 is 11.5 Å². The van der Waals surface area contributed by atoms with E-state index in [1.807, 2.05) is 6.07 Å². The van der Waals surface area contributed by atoms with Gasteiger partial charge in [0.25, 0.3) is 0 Å². The monoisotopic (exact) mass is 682 g/mol. The average molecular weight is 683 g/mol. The van der Waals surface area contributed by atoms with E-state index in [0.29, 0.717) is 51.6 Å². The van der Waals surface area contributed by atoms with Gasteiger partial charge in [0, 0.05) is 22.7 Å². The van der Waals surface area contributed by atoms with Gasteiger partial charge in [-0.05, 0) is 148 Å². The van der Waals surface area contributed by atoms with Crippen LogP contribution in [0.5, 0.6) is 0 Å². The summed E-state index contributed by atoms with van der Waals surface area (Å²) in [5, 5.41) is 0. The Hall–Kier alpha value is -3.28. The van der Waals surface area contributed by atoms with Gasteiger partial charge in [-0.3, -0.25) is 0 Å². The first-order valence-electron chi connectivity index (χ1n) is 19.4. The highest BCUT2D eigenvalue weighted by atomic mass is 16.6. The zero-order valence-corrected chi connectivity index (χ0v) is 31.7. The second kappa shape index (κ2) is 14.0. The van der Waals surface area contributed by atoms with Gasteiger partial charge in [-0.2, -0.15) is 0 Å². The minimum atomic E-state index is -0.423. The Morgan fingerprint density at radius 2 is 1.44 bits per heavy atom. The summed E-state index contributed by atoms with van der Waals surface area (Å²) < 4.78 is 13.0. The molecule has 0 amide bonds. The maximum Gasteiger partial charge on any atom is 0.338 e. The van der Waals surface area contributed by atoms with Crippen LogP contribution in [-0.2, 0) is 9.47 Å². The Bertz CT molecular complexity index is 1590. The quantitative estimate of drug-likeness (QED) is 0.118. The van der Waals surface area contributed by atoms with Crippen LogP contribution in [-0.4, -0.2) is 24.1 Å². The van der Waals surface area contributed by atoms with Crippen molar-refractivity contribution in [3.8, 4) is 0 Å². The molecule has 50 heavy (non-hydrogen) atoms. The first kappa shape index (κ1) is 36.5. The number of nitrogens with two attached hydrogens (primary N) is 2. The first-order chi connectivity index (χ1) is 23.6. The van der Waals surface area contributed by atoms with E-state index >= 15 is 0 Å². The van der Waals surface area contributed by atoms with E-state index in [-0.39, 0.29) is 35.5 Å². The molecular weight excluding hydrogens is 620 g/mol. The zero-order chi connectivity index (χ0) is 36.0. The summed E-state index contributed by atoms with van der Waals surface area (Å²) in [5.41, 5.74) is 15.4. The van der Waals surface area contributed by atoms with Crippen LogP contribution in [0.4, 0.5) is 11.4 Å². The molecule has 4 saturated carbocycles. The van der Waals surface area contributed by atoms with E-state index < -0.39 is 5.41 Å². The summed E-state index contributed by atoms with van der Waals surface area (Å²) >= 11 is 0. The fraction of sp³-hybridized carbons (Fsp3) is 0.636. The molecule has 0 radical (unpaired) electrons. The van der Waals surface area contributed by atoms with E-state index in [9.17, 15) is 9.59 Å². The SMILES string of the molecule is CC(C)=CCCCC(C)C1CCC2C3CC(OC(=O)c4cccc(N)c4)C4C(C)(C)C(OC(=O)c5cccc(N)c5)CCC4(C)C3CCC12C. The molecule has 10 unspecified atom stereocenters. The highest BCUT2D eigenvalue weighted by Gasteiger charge is 2.67. The number of anilines is 2. The molecule has 6 nitrogen and oxygen atoms in total. The molecule has 0 aliphatic heterocycles. The number of carbonyl (C=O) groups is 2. The Labute approximate surface area is 301 Å². The van der Waals surface area contributed by atoms with E-state index in [1.165, 1.54) is 50.5 Å². The molecule has 0 spiro atoms. The maximum atomic E-state index is 13.9. The number of hydrogen-bond donors (Lipinski definition) is 2. The van der Waals surface area contributed by atoms with Crippen LogP contribution in [0.15, 0.2) is 60.2 Å². The van der Waals surface area contributed by atoms with Crippen LogP contribution >= 0.6 is 0 Å². The Morgan fingerprint density at radius 3 is 2.06 bits per heavy atom. The van der Waals surface area contributed by atoms with E-state index in [0.717, 1.165) is 25.2 Å². The number of benzene rings is 2. The fourth-order valence-corrected chi connectivity index (χ4v) is 12.2. The summed E-state index contributed by atoms with van der Waals surface area (Å²) in [6, 6.07) is 14.1. The molecule has 0 heterocycles. The first-order valence-corrected chi connectivity index (χ1v) is 19.4. The largest absolute Gasteiger partial charge is 0.458 e. The number of carbonyl (C=O) groups excluding carboxylic acids is 2. The Balaban J connectivity index is 1.29. The molecule has 4 aliphatic carbocycles. The van der Waals surface area contributed by atoms with Gasteiger partial charge in [-0.1, -0.05) is 64.8 Å². The van der Waals surface area contributed by atoms with Crippen LogP contribution in [0.1, 0.15) is 133 Å². The number of esters is 2. The summed E-state index contributed by atoms with van der Waals surface area (Å²) in [4.78, 5) is 27.4. The van der Waals surface area contributed by atoms with Crippen molar-refractivity contribution in [1.29, 1.82) is 0 Å². The van der Waals surface area contributed by atoms with Crippen molar-refractivity contribution >= 4 is 23.3 Å². The van der Waals surface area contributed by atoms with Gasteiger partial charge in [-0.25, -0.2) is 9.59 Å². The number of hydrogen-bond acceptors (Lipinski definition) is 6. The second-order valence-electron chi connectivity index (χ2n) is 18.0. The third-order valence-electron chi connectivity index (χ3n) is 14.4. The lowest BCUT2D eigenvalue weighted by atomic mass is 9.40. The molecule has 2 aromatic rings. The van der Waals surface area contributed by atoms with Crippen molar-refractivity contribution < 1.29 is 19.1 Å². The topological polar surface area (TPSA) is 105 Å². The molecule has 6 heteroatoms. The normalized spacial score (nSPS) is 34.7. The highest BCUT2D eigenvalue weighted by molar-refractivity contribution is 5.91. The van der Waals surface area contributed by atoms with Crippen molar-refractivity contribution in [2.75, 3.05) is 11.5 Å². The predicted octanol–water partition coefficient (Wildman–Crippen LogP) is 10.3. The van der Waals surface area contributed by atoms with Gasteiger partial charge in [0.15, 0.2) is 0 Å². The lowest BCUT2D eigenvalue weighted by Gasteiger charge is -2.66. The summed E-state index contributed by atoms with van der Waals surface area (Å²) in [5.74, 6) is 2.48. The van der Waals surface area contributed by atoms with Gasteiger partial charge in [0.05, 0.1) is 11.1 Å². The lowest BCUT2D eigenvalue weighted by Crippen LogP contribution is -2.64. The lowest BCUT2D eigenvalue weighted by molar-refractivity contribution is -0.219. The average Bonchev–Trinajstić information content (AvgIpc) is 3.41. The third kappa shape index (κ3) is 6.73. The van der Waals surface area contributed by atoms with Gasteiger partial charge in [-0.15, -0.1) is 0 Å². The number of allylic oxidation sites excluding steroid dienone is 2. The van der Waals surface area contributed by atoms with Crippen molar-refractivity contribution in [2.45, 2.75) is 125 Å². The number of rotatable bonds is 9. The number of nitrogen functional groups attached to an aromatic ring is 2. The molecule has 2 aromatic carbocycles. The zero-order valence-electron chi connectivity index (χ0n) is 31.7. The predicted molar refractivity (Wildman–Crippen MR) is 202 cm³/mol. The van der Waals surface area contributed by atoms with Crippen LogP contribution in [0.2, 0.25) is 0 Å². The molecule has 0 aromatic heterocycles. The maximum absolute atomic E-state index is 13.9. The van der Waals surface area contributed by atoms with Gasteiger partial charge in [0.1, 0.15) is 12.2 Å². The summed E-state index contributed by atoms with van der Waals surface area (Å²) in [7, 11) is 0. The van der Waals surface area contributed by atoms with Crippen molar-refractivity contribution in [3.05, 3.63) is 71.3 Å². The molecule has 10 atom stereocenters. The third-order valence-corrected chi connectivity index (χ3v) is 14.4. The molecular formula is C44H62N2O4. The van der Waals surface area contributed by atoms with E-state index in [4.69, 9.17) is 20.9 Å². The van der Waals surface area contributed by atoms with Gasteiger partial charge in [0.2, 0.25) is 0 Å². The fourth-order valence-electron chi connectivity index (χ4n) is 12.2. The highest BCUT2D eigenvalue weighted by Crippen LogP contribution is 2.71. The minimum Gasteiger partial charge on any atom is -0.458 e. The van der Waals surface area contributed by atoms with Crippen LogP contribution in [0.25, 0.3) is 0 Å². The van der Waals surface area contributed by atoms with Gasteiger partial charge >= 0.3 is 11.9 Å². The number of unbranched alkanes of at least 4 members (excludes halogenated alkanes) is 1. The van der Waals surface area contributed by atoms with Crippen molar-refractivity contribution in [2.24, 2.45) is 51.8 Å². The standard InChI is InChI=1S/C44H62N2O4/c1-27(2)12-8-9-13-28(3)34-18-19-35-33-26-37(49-40(47)29-14-10-16-31(45)24-29)39-42(4,5)38(50-41(48)30-15-11-17-32(46)25-30)21-23-44(39,7)36(33)20-22-43(34,35)6/h10-12,14-17,24-25,28,33-39H,8-9,13,18-23,26,45-46H2,1-7H3. The molecule has 0 saturated heterocycles. The number of ether oxygens (including phenoxy) is 2. The molecule has 4 N–H and O–H groups in total. The summed E-state index contributed by atoms with van der Waals surface area (Å²) in [6.45, 7) is 16.5. The van der Waals surface area contributed by atoms with Gasteiger partial charge < -0.3 is 20.9 Å². The molecule has 0 bridgehead atoms. The molecule has 272 valence electrons. The second-order valence-corrected chi connectivity index (χ2v) is 18.0. The molecule has 4 fully saturated rings. The molecule has 6 rings (SSSR count). The smallest absolute Gasteiger partial charge is 0.338 e. The van der Waals surface area contributed by atoms with Crippen LogP contribution in [0.3, 0.4) is 0 Å². The Kier molecular flexibility index (Phi) is 10.2. The molecule has 4 aliphatic rings. The minimum absolute atomic E-state index is 0.0317. The van der Waals surface area contributed by atoms with Crippen molar-refractivity contribution in [3.63, 3.8) is 0 Å².